The van der Waals surface area contributed by atoms with Crippen LogP contribution >= 0.6 is 46.3 Å². The van der Waals surface area contributed by atoms with Crippen molar-refractivity contribution in [1.29, 1.82) is 0 Å². The van der Waals surface area contributed by atoms with Gasteiger partial charge in [-0.3, -0.25) is 14.6 Å². The van der Waals surface area contributed by atoms with Crippen molar-refractivity contribution in [3.05, 3.63) is 57.2 Å². The Bertz CT molecular complexity index is 1010. The van der Waals surface area contributed by atoms with Crippen LogP contribution in [-0.2, 0) is 4.74 Å². The topological polar surface area (TPSA) is 45.7 Å². The maximum Gasteiger partial charge on any atom is 0.261 e. The lowest BCUT2D eigenvalue weighted by Gasteiger charge is -2.27. The molecule has 1 aliphatic rings. The first-order chi connectivity index (χ1) is 14.1. The molecule has 2 heterocycles. The molecule has 0 radical (unpaired) electrons. The first-order valence-electron chi connectivity index (χ1n) is 9.85. The summed E-state index contributed by atoms with van der Waals surface area (Å²) in [5.74, 6) is 0.0211. The van der Waals surface area contributed by atoms with Crippen molar-refractivity contribution < 1.29 is 9.53 Å². The summed E-state index contributed by atoms with van der Waals surface area (Å²) < 4.78 is 7.52. The molecule has 0 unspecified atom stereocenters. The molecule has 30 heavy (non-hydrogen) atoms. The van der Waals surface area contributed by atoms with E-state index < -0.39 is 0 Å². The van der Waals surface area contributed by atoms with Crippen molar-refractivity contribution >= 4 is 67.6 Å². The fraction of sp³-hybridized carbons (Fsp3) is 0.364. The lowest BCUT2D eigenvalue weighted by Crippen LogP contribution is -2.39. The second-order valence-corrected chi connectivity index (χ2v) is 9.38. The molecule has 8 heteroatoms. The van der Waals surface area contributed by atoms with Crippen LogP contribution in [0.3, 0.4) is 0 Å². The maximum atomic E-state index is 13.4. The molecule has 0 aliphatic carbocycles. The van der Waals surface area contributed by atoms with Crippen LogP contribution in [0.1, 0.15) is 22.3 Å². The number of hydrogen-bond acceptors (Lipinski definition) is 5. The monoisotopic (exact) mass is 557 g/mol. The van der Waals surface area contributed by atoms with E-state index in [0.29, 0.717) is 6.54 Å². The summed E-state index contributed by atoms with van der Waals surface area (Å²) in [7, 11) is 0. The molecule has 0 N–H and O–H groups in total. The SMILES string of the molecule is Cc1ccc2nc(N(CCCN3CCOCC3)C(=O)c3ccccc3I)sc2c1.Cl. The van der Waals surface area contributed by atoms with Crippen molar-refractivity contribution in [3.8, 4) is 0 Å². The minimum absolute atomic E-state index is 0. The van der Waals surface area contributed by atoms with Crippen LogP contribution in [0.4, 0.5) is 5.13 Å². The minimum Gasteiger partial charge on any atom is -0.379 e. The van der Waals surface area contributed by atoms with Gasteiger partial charge in [-0.15, -0.1) is 12.4 Å². The Kier molecular flexibility index (Phi) is 8.47. The number of amides is 1. The van der Waals surface area contributed by atoms with Gasteiger partial charge in [0.2, 0.25) is 0 Å². The summed E-state index contributed by atoms with van der Waals surface area (Å²) in [6, 6.07) is 14.0. The van der Waals surface area contributed by atoms with E-state index >= 15 is 0 Å². The third-order valence-corrected chi connectivity index (χ3v) is 7.05. The molecular weight excluding hydrogens is 533 g/mol. The average Bonchev–Trinajstić information content (AvgIpc) is 3.14. The van der Waals surface area contributed by atoms with Gasteiger partial charge in [-0.1, -0.05) is 29.5 Å². The van der Waals surface area contributed by atoms with Gasteiger partial charge in [0, 0.05) is 29.7 Å². The summed E-state index contributed by atoms with van der Waals surface area (Å²) in [5.41, 5.74) is 2.88. The highest BCUT2D eigenvalue weighted by atomic mass is 127. The van der Waals surface area contributed by atoms with Crippen LogP contribution in [0.25, 0.3) is 10.2 Å². The molecule has 0 atom stereocenters. The number of ether oxygens (including phenoxy) is 1. The second-order valence-electron chi connectivity index (χ2n) is 7.21. The molecule has 1 aromatic heterocycles. The Morgan fingerprint density at radius 3 is 2.77 bits per heavy atom. The number of anilines is 1. The van der Waals surface area contributed by atoms with Crippen LogP contribution in [0.2, 0.25) is 0 Å². The average molecular weight is 558 g/mol. The van der Waals surface area contributed by atoms with E-state index in [4.69, 9.17) is 9.72 Å². The highest BCUT2D eigenvalue weighted by molar-refractivity contribution is 14.1. The smallest absolute Gasteiger partial charge is 0.261 e. The summed E-state index contributed by atoms with van der Waals surface area (Å²) in [4.78, 5) is 22.5. The predicted molar refractivity (Wildman–Crippen MR) is 134 cm³/mol. The number of aryl methyl sites for hydroxylation is 1. The number of carbonyl (C=O) groups is 1. The van der Waals surface area contributed by atoms with Gasteiger partial charge >= 0.3 is 0 Å². The third-order valence-electron chi connectivity index (χ3n) is 5.07. The van der Waals surface area contributed by atoms with Gasteiger partial charge in [-0.2, -0.15) is 0 Å². The van der Waals surface area contributed by atoms with E-state index in [9.17, 15) is 4.79 Å². The normalized spacial score (nSPS) is 14.5. The molecule has 0 spiro atoms. The van der Waals surface area contributed by atoms with Crippen molar-refractivity contribution in [2.24, 2.45) is 0 Å². The van der Waals surface area contributed by atoms with E-state index in [-0.39, 0.29) is 18.3 Å². The number of nitrogens with zero attached hydrogens (tertiary/aromatic N) is 3. The lowest BCUT2D eigenvalue weighted by atomic mass is 10.2. The number of rotatable bonds is 6. The van der Waals surface area contributed by atoms with E-state index in [1.54, 1.807) is 11.3 Å². The number of carbonyl (C=O) groups excluding carboxylic acids is 1. The Hall–Kier alpha value is -1.26. The van der Waals surface area contributed by atoms with Crippen molar-refractivity contribution in [3.63, 3.8) is 0 Å². The third kappa shape index (κ3) is 5.50. The summed E-state index contributed by atoms with van der Waals surface area (Å²) in [5, 5.41) is 0.775. The van der Waals surface area contributed by atoms with E-state index in [2.05, 4.69) is 46.5 Å². The lowest BCUT2D eigenvalue weighted by molar-refractivity contribution is 0.0376. The van der Waals surface area contributed by atoms with Crippen molar-refractivity contribution in [2.75, 3.05) is 44.3 Å². The fourth-order valence-corrected chi connectivity index (χ4v) is 5.18. The van der Waals surface area contributed by atoms with Crippen LogP contribution in [0.15, 0.2) is 42.5 Å². The summed E-state index contributed by atoms with van der Waals surface area (Å²) in [6.45, 7) is 7.21. The van der Waals surface area contributed by atoms with Crippen LogP contribution in [0, 0.1) is 10.5 Å². The molecular formula is C22H25ClIN3O2S. The van der Waals surface area contributed by atoms with Gasteiger partial charge in [0.25, 0.3) is 5.91 Å². The quantitative estimate of drug-likeness (QED) is 0.400. The number of benzene rings is 2. The van der Waals surface area contributed by atoms with Crippen LogP contribution in [-0.4, -0.2) is 55.2 Å². The van der Waals surface area contributed by atoms with Crippen molar-refractivity contribution in [2.45, 2.75) is 13.3 Å². The summed E-state index contributed by atoms with van der Waals surface area (Å²) in [6.07, 6.45) is 0.907. The van der Waals surface area contributed by atoms with E-state index in [1.165, 1.54) is 5.56 Å². The number of aromatic nitrogens is 1. The Labute approximate surface area is 201 Å². The standard InChI is InChI=1S/C22H24IN3O2S.ClH/c1-16-7-8-19-20(15-16)29-22(24-19)26(10-4-9-25-11-13-28-14-12-25)21(27)17-5-2-3-6-18(17)23;/h2-3,5-8,15H,4,9-14H2,1H3;1H. The van der Waals surface area contributed by atoms with Gasteiger partial charge in [0.15, 0.2) is 5.13 Å². The minimum atomic E-state index is 0. The highest BCUT2D eigenvalue weighted by Crippen LogP contribution is 2.31. The van der Waals surface area contributed by atoms with Crippen molar-refractivity contribution in [1.82, 2.24) is 9.88 Å². The first-order valence-corrected chi connectivity index (χ1v) is 11.7. The number of morpholine rings is 1. The first kappa shape index (κ1) is 23.4. The molecule has 1 saturated heterocycles. The number of halogens is 2. The van der Waals surface area contributed by atoms with Gasteiger partial charge < -0.3 is 4.74 Å². The zero-order chi connectivity index (χ0) is 20.2. The fourth-order valence-electron chi connectivity index (χ4n) is 3.48. The second kappa shape index (κ2) is 10.9. The molecule has 1 fully saturated rings. The van der Waals surface area contributed by atoms with E-state index in [0.717, 1.165) is 63.8 Å². The molecule has 2 aromatic carbocycles. The predicted octanol–water partition coefficient (Wildman–Crippen LogP) is 5.00. The van der Waals surface area contributed by atoms with Gasteiger partial charge in [-0.05, 0) is 65.8 Å². The van der Waals surface area contributed by atoms with Crippen LogP contribution in [0.5, 0.6) is 0 Å². The molecule has 0 bridgehead atoms. The van der Waals surface area contributed by atoms with Gasteiger partial charge in [0.1, 0.15) is 0 Å². The number of hydrogen-bond donors (Lipinski definition) is 0. The Balaban J connectivity index is 0.00000256. The molecule has 0 saturated carbocycles. The number of fused-ring (bicyclic) bond motifs is 1. The molecule has 1 amide bonds. The number of thiazole rings is 1. The molecule has 1 aliphatic heterocycles. The molecule has 160 valence electrons. The summed E-state index contributed by atoms with van der Waals surface area (Å²) >= 11 is 3.83. The Morgan fingerprint density at radius 1 is 1.23 bits per heavy atom. The zero-order valence-corrected chi connectivity index (χ0v) is 20.6. The van der Waals surface area contributed by atoms with E-state index in [1.807, 2.05) is 35.2 Å². The van der Waals surface area contributed by atoms with Gasteiger partial charge in [0.05, 0.1) is 29.0 Å². The zero-order valence-electron chi connectivity index (χ0n) is 16.8. The molecule has 3 aromatic rings. The molecule has 5 nitrogen and oxygen atoms in total. The largest absolute Gasteiger partial charge is 0.379 e. The van der Waals surface area contributed by atoms with Crippen LogP contribution < -0.4 is 4.90 Å². The molecule has 4 rings (SSSR count). The van der Waals surface area contributed by atoms with Gasteiger partial charge in [-0.25, -0.2) is 4.98 Å². The maximum absolute atomic E-state index is 13.4. The Morgan fingerprint density at radius 2 is 2.00 bits per heavy atom. The highest BCUT2D eigenvalue weighted by Gasteiger charge is 2.23.